The number of rotatable bonds is 2. The highest BCUT2D eigenvalue weighted by molar-refractivity contribution is 6.30. The second kappa shape index (κ2) is 5.03. The lowest BCUT2D eigenvalue weighted by molar-refractivity contribution is 1.04. The van der Waals surface area contributed by atoms with E-state index >= 15 is 0 Å². The highest BCUT2D eigenvalue weighted by Crippen LogP contribution is 2.23. The molecule has 0 aliphatic carbocycles. The van der Waals surface area contributed by atoms with Gasteiger partial charge in [-0.05, 0) is 31.5 Å². The highest BCUT2D eigenvalue weighted by atomic mass is 35.5. The van der Waals surface area contributed by atoms with Crippen LogP contribution < -0.4 is 5.32 Å². The Labute approximate surface area is 110 Å². The first-order chi connectivity index (χ1) is 8.58. The quantitative estimate of drug-likeness (QED) is 0.897. The Morgan fingerprint density at radius 2 is 2.00 bits per heavy atom. The Hall–Kier alpha value is -2.12. The average molecular weight is 259 g/mol. The lowest BCUT2D eigenvalue weighted by Gasteiger charge is -2.09. The molecule has 0 saturated carbocycles. The van der Waals surface area contributed by atoms with Crippen LogP contribution >= 0.6 is 11.6 Å². The molecule has 90 valence electrons. The van der Waals surface area contributed by atoms with Crippen LogP contribution in [0.5, 0.6) is 0 Å². The van der Waals surface area contributed by atoms with Crippen LogP contribution in [-0.4, -0.2) is 9.97 Å². The summed E-state index contributed by atoms with van der Waals surface area (Å²) < 4.78 is 0. The van der Waals surface area contributed by atoms with E-state index < -0.39 is 0 Å². The number of aromatic nitrogens is 2. The Balaban J connectivity index is 2.37. The third kappa shape index (κ3) is 2.76. The molecule has 4 nitrogen and oxygen atoms in total. The fourth-order valence-electron chi connectivity index (χ4n) is 1.56. The minimum atomic E-state index is 0.338. The molecule has 2 aromatic rings. The molecule has 0 amide bonds. The largest absolute Gasteiger partial charge is 0.340 e. The predicted octanol–water partition coefficient (Wildman–Crippen LogP) is 3.36. The lowest BCUT2D eigenvalue weighted by Crippen LogP contribution is -2.00. The van der Waals surface area contributed by atoms with Gasteiger partial charge in [0.2, 0.25) is 0 Å². The molecule has 5 heteroatoms. The summed E-state index contributed by atoms with van der Waals surface area (Å²) in [5.74, 6) is 1.14. The van der Waals surface area contributed by atoms with Gasteiger partial charge in [-0.2, -0.15) is 5.26 Å². The molecule has 0 aliphatic rings. The predicted molar refractivity (Wildman–Crippen MR) is 71.0 cm³/mol. The normalized spacial score (nSPS) is 9.89. The van der Waals surface area contributed by atoms with Gasteiger partial charge in [0.25, 0.3) is 0 Å². The van der Waals surface area contributed by atoms with Gasteiger partial charge in [0.05, 0.1) is 0 Å². The first-order valence-corrected chi connectivity index (χ1v) is 5.75. The molecule has 0 radical (unpaired) electrons. The van der Waals surface area contributed by atoms with Crippen molar-refractivity contribution in [1.82, 2.24) is 9.97 Å². The molecule has 0 unspecified atom stereocenters. The number of aryl methyl sites for hydroxylation is 2. The zero-order valence-electron chi connectivity index (χ0n) is 10.0. The molecule has 1 aromatic carbocycles. The highest BCUT2D eigenvalue weighted by Gasteiger charge is 2.04. The molecule has 18 heavy (non-hydrogen) atoms. The second-order valence-electron chi connectivity index (χ2n) is 3.88. The summed E-state index contributed by atoms with van der Waals surface area (Å²) >= 11 is 5.95. The molecule has 1 heterocycles. The summed E-state index contributed by atoms with van der Waals surface area (Å²) in [4.78, 5) is 8.23. The number of nitriles is 1. The summed E-state index contributed by atoms with van der Waals surface area (Å²) in [6, 6.07) is 9.18. The van der Waals surface area contributed by atoms with Crippen molar-refractivity contribution in [3.05, 3.63) is 46.4 Å². The van der Waals surface area contributed by atoms with Crippen LogP contribution in [0.2, 0.25) is 5.02 Å². The van der Waals surface area contributed by atoms with E-state index in [0.29, 0.717) is 22.4 Å². The Morgan fingerprint density at radius 3 is 2.72 bits per heavy atom. The van der Waals surface area contributed by atoms with Crippen LogP contribution in [0.25, 0.3) is 0 Å². The maximum Gasteiger partial charge on any atom is 0.146 e. The van der Waals surface area contributed by atoms with E-state index in [9.17, 15) is 0 Å². The zero-order valence-corrected chi connectivity index (χ0v) is 10.8. The molecule has 0 atom stereocenters. The molecule has 0 aliphatic heterocycles. The van der Waals surface area contributed by atoms with E-state index in [1.54, 1.807) is 13.0 Å². The van der Waals surface area contributed by atoms with Gasteiger partial charge in [-0.15, -0.1) is 0 Å². The smallest absolute Gasteiger partial charge is 0.146 e. The van der Waals surface area contributed by atoms with Crippen LogP contribution in [0, 0.1) is 25.2 Å². The second-order valence-corrected chi connectivity index (χ2v) is 4.32. The number of nitrogens with zero attached hydrogens (tertiary/aromatic N) is 3. The zero-order chi connectivity index (χ0) is 13.1. The van der Waals surface area contributed by atoms with Gasteiger partial charge in [0.1, 0.15) is 23.4 Å². The van der Waals surface area contributed by atoms with Crippen LogP contribution in [0.15, 0.2) is 24.3 Å². The van der Waals surface area contributed by atoms with Crippen LogP contribution in [0.4, 0.5) is 11.5 Å². The number of benzene rings is 1. The van der Waals surface area contributed by atoms with Crippen molar-refractivity contribution in [1.29, 1.82) is 5.26 Å². The van der Waals surface area contributed by atoms with E-state index in [1.165, 1.54) is 0 Å². The fraction of sp³-hybridized carbons (Fsp3) is 0.154. The Morgan fingerprint density at radius 1 is 1.22 bits per heavy atom. The average Bonchev–Trinajstić information content (AvgIpc) is 2.33. The third-order valence-electron chi connectivity index (χ3n) is 2.41. The molecular formula is C13H11ClN4. The SMILES string of the molecule is Cc1nc(C#N)cc(Nc2cc(Cl)ccc2C)n1. The topological polar surface area (TPSA) is 61.6 Å². The molecule has 0 spiro atoms. The molecule has 1 N–H and O–H groups in total. The molecule has 2 rings (SSSR count). The van der Waals surface area contributed by atoms with Crippen LogP contribution in [-0.2, 0) is 0 Å². The first kappa shape index (κ1) is 12.3. The van der Waals surface area contributed by atoms with E-state index in [0.717, 1.165) is 11.3 Å². The van der Waals surface area contributed by atoms with Gasteiger partial charge >= 0.3 is 0 Å². The molecule has 0 bridgehead atoms. The van der Waals surface area contributed by atoms with Gasteiger partial charge in [0.15, 0.2) is 0 Å². The van der Waals surface area contributed by atoms with Gasteiger partial charge in [-0.25, -0.2) is 9.97 Å². The number of hydrogen-bond acceptors (Lipinski definition) is 4. The summed E-state index contributed by atoms with van der Waals surface area (Å²) in [5.41, 5.74) is 2.25. The van der Waals surface area contributed by atoms with Crippen molar-refractivity contribution in [2.24, 2.45) is 0 Å². The summed E-state index contributed by atoms with van der Waals surface area (Å²) in [6.45, 7) is 3.72. The number of anilines is 2. The maximum absolute atomic E-state index is 8.86. The van der Waals surface area contributed by atoms with Crippen molar-refractivity contribution in [3.63, 3.8) is 0 Å². The third-order valence-corrected chi connectivity index (χ3v) is 2.65. The van der Waals surface area contributed by atoms with E-state index in [-0.39, 0.29) is 0 Å². The van der Waals surface area contributed by atoms with Crippen molar-refractivity contribution in [3.8, 4) is 6.07 Å². The van der Waals surface area contributed by atoms with Gasteiger partial charge in [-0.3, -0.25) is 0 Å². The fourth-order valence-corrected chi connectivity index (χ4v) is 1.73. The number of nitrogens with one attached hydrogen (secondary N) is 1. The van der Waals surface area contributed by atoms with E-state index in [2.05, 4.69) is 15.3 Å². The van der Waals surface area contributed by atoms with Crippen molar-refractivity contribution < 1.29 is 0 Å². The van der Waals surface area contributed by atoms with Gasteiger partial charge in [0, 0.05) is 16.8 Å². The van der Waals surface area contributed by atoms with E-state index in [4.69, 9.17) is 16.9 Å². The monoisotopic (exact) mass is 258 g/mol. The molecule has 0 saturated heterocycles. The standard InChI is InChI=1S/C13H11ClN4/c1-8-3-4-10(14)5-12(8)18-13-6-11(7-15)16-9(2)17-13/h3-6H,1-2H3,(H,16,17,18). The van der Waals surface area contributed by atoms with Crippen LogP contribution in [0.1, 0.15) is 17.1 Å². The summed E-state index contributed by atoms with van der Waals surface area (Å²) in [6.07, 6.45) is 0. The Kier molecular flexibility index (Phi) is 3.45. The van der Waals surface area contributed by atoms with Crippen molar-refractivity contribution >= 4 is 23.1 Å². The van der Waals surface area contributed by atoms with Crippen molar-refractivity contribution in [2.75, 3.05) is 5.32 Å². The number of halogens is 1. The summed E-state index contributed by atoms with van der Waals surface area (Å²) in [7, 11) is 0. The summed E-state index contributed by atoms with van der Waals surface area (Å²) in [5, 5.41) is 12.7. The molecule has 0 fully saturated rings. The minimum Gasteiger partial charge on any atom is -0.340 e. The lowest BCUT2D eigenvalue weighted by atomic mass is 10.2. The molecular weight excluding hydrogens is 248 g/mol. The van der Waals surface area contributed by atoms with Gasteiger partial charge < -0.3 is 5.32 Å². The van der Waals surface area contributed by atoms with Crippen molar-refractivity contribution in [2.45, 2.75) is 13.8 Å². The first-order valence-electron chi connectivity index (χ1n) is 5.37. The molecule has 1 aromatic heterocycles. The van der Waals surface area contributed by atoms with Crippen LogP contribution in [0.3, 0.4) is 0 Å². The Bertz CT molecular complexity index is 631. The minimum absolute atomic E-state index is 0.338. The maximum atomic E-state index is 8.86. The van der Waals surface area contributed by atoms with E-state index in [1.807, 2.05) is 31.2 Å². The number of hydrogen-bond donors (Lipinski definition) is 1. The van der Waals surface area contributed by atoms with Gasteiger partial charge in [-0.1, -0.05) is 17.7 Å².